The van der Waals surface area contributed by atoms with Crippen LogP contribution in [0.25, 0.3) is 0 Å². The summed E-state index contributed by atoms with van der Waals surface area (Å²) in [4.78, 5) is 14.6. The second-order valence-corrected chi connectivity index (χ2v) is 7.86. The minimum atomic E-state index is 0.206. The molecule has 1 amide bonds. The summed E-state index contributed by atoms with van der Waals surface area (Å²) < 4.78 is 11.6. The SMILES string of the molecule is CC1CCCCC1NC(=O)CN1CCC(OC2CCOCC2)CC1. The number of amides is 1. The molecule has 1 N–H and O–H groups in total. The van der Waals surface area contributed by atoms with Crippen molar-refractivity contribution in [2.24, 2.45) is 5.92 Å². The van der Waals surface area contributed by atoms with E-state index in [4.69, 9.17) is 9.47 Å². The Hall–Kier alpha value is -0.650. The van der Waals surface area contributed by atoms with Crippen molar-refractivity contribution in [1.29, 1.82) is 0 Å². The predicted octanol–water partition coefficient (Wildman–Crippen LogP) is 2.34. The van der Waals surface area contributed by atoms with E-state index in [2.05, 4.69) is 17.1 Å². The molecule has 2 atom stereocenters. The Balaban J connectivity index is 1.33. The van der Waals surface area contributed by atoms with Crippen LogP contribution in [-0.2, 0) is 14.3 Å². The molecule has 0 bridgehead atoms. The lowest BCUT2D eigenvalue weighted by atomic mass is 9.86. The van der Waals surface area contributed by atoms with Crippen molar-refractivity contribution >= 4 is 5.91 Å². The maximum absolute atomic E-state index is 12.3. The van der Waals surface area contributed by atoms with E-state index in [1.165, 1.54) is 19.3 Å². The van der Waals surface area contributed by atoms with Gasteiger partial charge in [-0.25, -0.2) is 0 Å². The van der Waals surface area contributed by atoms with Crippen LogP contribution in [0, 0.1) is 5.92 Å². The van der Waals surface area contributed by atoms with Crippen LogP contribution in [0.15, 0.2) is 0 Å². The molecule has 0 aromatic heterocycles. The van der Waals surface area contributed by atoms with Gasteiger partial charge < -0.3 is 14.8 Å². The van der Waals surface area contributed by atoms with Gasteiger partial charge in [-0.3, -0.25) is 9.69 Å². The van der Waals surface area contributed by atoms with Crippen LogP contribution in [0.4, 0.5) is 0 Å². The zero-order chi connectivity index (χ0) is 16.8. The highest BCUT2D eigenvalue weighted by atomic mass is 16.5. The second-order valence-electron chi connectivity index (χ2n) is 7.86. The van der Waals surface area contributed by atoms with Gasteiger partial charge in [0, 0.05) is 32.3 Å². The van der Waals surface area contributed by atoms with Crippen LogP contribution in [0.5, 0.6) is 0 Å². The van der Waals surface area contributed by atoms with Crippen LogP contribution < -0.4 is 5.32 Å². The van der Waals surface area contributed by atoms with E-state index in [-0.39, 0.29) is 5.91 Å². The summed E-state index contributed by atoms with van der Waals surface area (Å²) in [5.74, 6) is 0.832. The summed E-state index contributed by atoms with van der Waals surface area (Å²) in [6.07, 6.45) is 9.86. The number of hydrogen-bond acceptors (Lipinski definition) is 4. The first kappa shape index (κ1) is 18.2. The van der Waals surface area contributed by atoms with Gasteiger partial charge in [-0.15, -0.1) is 0 Å². The molecular weight excluding hydrogens is 304 g/mol. The summed E-state index contributed by atoms with van der Waals surface area (Å²) in [7, 11) is 0. The molecule has 3 aliphatic rings. The number of rotatable bonds is 5. The largest absolute Gasteiger partial charge is 0.381 e. The van der Waals surface area contributed by atoms with E-state index in [9.17, 15) is 4.79 Å². The van der Waals surface area contributed by atoms with Crippen molar-refractivity contribution in [3.8, 4) is 0 Å². The number of carbonyl (C=O) groups excluding carboxylic acids is 1. The van der Waals surface area contributed by atoms with Gasteiger partial charge in [0.1, 0.15) is 0 Å². The fourth-order valence-electron chi connectivity index (χ4n) is 4.27. The molecule has 0 aromatic carbocycles. The Kier molecular flexibility index (Phi) is 6.93. The molecule has 1 aliphatic carbocycles. The molecule has 0 aromatic rings. The first-order chi connectivity index (χ1) is 11.7. The maximum Gasteiger partial charge on any atom is 0.234 e. The topological polar surface area (TPSA) is 50.8 Å². The van der Waals surface area contributed by atoms with Gasteiger partial charge in [0.25, 0.3) is 0 Å². The Morgan fingerprint density at radius 1 is 1.04 bits per heavy atom. The molecule has 5 nitrogen and oxygen atoms in total. The van der Waals surface area contributed by atoms with Gasteiger partial charge in [0.05, 0.1) is 18.8 Å². The molecule has 2 heterocycles. The number of likely N-dealkylation sites (tertiary alicyclic amines) is 1. The van der Waals surface area contributed by atoms with Crippen molar-refractivity contribution in [2.45, 2.75) is 76.5 Å². The molecule has 2 aliphatic heterocycles. The highest BCUT2D eigenvalue weighted by Crippen LogP contribution is 2.24. The first-order valence-corrected chi connectivity index (χ1v) is 9.95. The molecule has 2 unspecified atom stereocenters. The number of piperidine rings is 1. The number of nitrogens with zero attached hydrogens (tertiary/aromatic N) is 1. The van der Waals surface area contributed by atoms with E-state index in [1.807, 2.05) is 0 Å². The Morgan fingerprint density at radius 2 is 1.71 bits per heavy atom. The first-order valence-electron chi connectivity index (χ1n) is 9.95. The third kappa shape index (κ3) is 5.43. The van der Waals surface area contributed by atoms with Crippen LogP contribution in [-0.4, -0.2) is 61.9 Å². The third-order valence-corrected chi connectivity index (χ3v) is 5.91. The lowest BCUT2D eigenvalue weighted by Crippen LogP contribution is -2.48. The minimum Gasteiger partial charge on any atom is -0.381 e. The second kappa shape index (κ2) is 9.16. The average Bonchev–Trinajstić information content (AvgIpc) is 2.60. The number of hydrogen-bond donors (Lipinski definition) is 1. The van der Waals surface area contributed by atoms with Gasteiger partial charge in [0.2, 0.25) is 5.91 Å². The number of carbonyl (C=O) groups is 1. The van der Waals surface area contributed by atoms with Gasteiger partial charge in [-0.1, -0.05) is 19.8 Å². The van der Waals surface area contributed by atoms with E-state index in [0.717, 1.165) is 58.4 Å². The molecular formula is C19H34N2O3. The summed E-state index contributed by atoms with van der Waals surface area (Å²) >= 11 is 0. The normalized spacial score (nSPS) is 31.0. The van der Waals surface area contributed by atoms with Crippen LogP contribution in [0.2, 0.25) is 0 Å². The Morgan fingerprint density at radius 3 is 2.42 bits per heavy atom. The summed E-state index contributed by atoms with van der Waals surface area (Å²) in [6.45, 7) is 6.44. The number of ether oxygens (including phenoxy) is 2. The van der Waals surface area contributed by atoms with Crippen LogP contribution in [0.3, 0.4) is 0 Å². The fourth-order valence-corrected chi connectivity index (χ4v) is 4.27. The van der Waals surface area contributed by atoms with E-state index in [1.54, 1.807) is 0 Å². The van der Waals surface area contributed by atoms with Crippen molar-refractivity contribution in [3.63, 3.8) is 0 Å². The molecule has 3 fully saturated rings. The Labute approximate surface area is 146 Å². The van der Waals surface area contributed by atoms with Crippen LogP contribution >= 0.6 is 0 Å². The van der Waals surface area contributed by atoms with Crippen molar-refractivity contribution in [2.75, 3.05) is 32.8 Å². The zero-order valence-electron chi connectivity index (χ0n) is 15.2. The fraction of sp³-hybridized carbons (Fsp3) is 0.947. The predicted molar refractivity (Wildman–Crippen MR) is 94.0 cm³/mol. The van der Waals surface area contributed by atoms with Crippen LogP contribution in [0.1, 0.15) is 58.3 Å². The molecule has 138 valence electrons. The maximum atomic E-state index is 12.3. The molecule has 3 rings (SSSR count). The lowest BCUT2D eigenvalue weighted by molar-refractivity contribution is -0.125. The summed E-state index contributed by atoms with van der Waals surface area (Å²) in [6, 6.07) is 0.389. The smallest absolute Gasteiger partial charge is 0.234 e. The van der Waals surface area contributed by atoms with Gasteiger partial charge in [-0.05, 0) is 44.4 Å². The standard InChI is InChI=1S/C19H34N2O3/c1-15-4-2-3-5-18(15)20-19(22)14-21-10-6-16(7-11-21)24-17-8-12-23-13-9-17/h15-18H,2-14H2,1H3,(H,20,22). The number of nitrogens with one attached hydrogen (secondary N) is 1. The monoisotopic (exact) mass is 338 g/mol. The molecule has 24 heavy (non-hydrogen) atoms. The quantitative estimate of drug-likeness (QED) is 0.836. The van der Waals surface area contributed by atoms with Crippen molar-refractivity contribution in [3.05, 3.63) is 0 Å². The summed E-state index contributed by atoms with van der Waals surface area (Å²) in [5.41, 5.74) is 0. The highest BCUT2D eigenvalue weighted by Gasteiger charge is 2.27. The van der Waals surface area contributed by atoms with Gasteiger partial charge >= 0.3 is 0 Å². The van der Waals surface area contributed by atoms with E-state index < -0.39 is 0 Å². The average molecular weight is 338 g/mol. The molecule has 2 saturated heterocycles. The molecule has 1 saturated carbocycles. The van der Waals surface area contributed by atoms with E-state index >= 15 is 0 Å². The molecule has 0 spiro atoms. The third-order valence-electron chi connectivity index (χ3n) is 5.91. The highest BCUT2D eigenvalue weighted by molar-refractivity contribution is 5.78. The van der Waals surface area contributed by atoms with Gasteiger partial charge in [-0.2, -0.15) is 0 Å². The molecule has 5 heteroatoms. The molecule has 0 radical (unpaired) electrons. The van der Waals surface area contributed by atoms with Gasteiger partial charge in [0.15, 0.2) is 0 Å². The zero-order valence-corrected chi connectivity index (χ0v) is 15.2. The van der Waals surface area contributed by atoms with Crippen molar-refractivity contribution < 1.29 is 14.3 Å². The Bertz CT molecular complexity index is 390. The van der Waals surface area contributed by atoms with E-state index in [0.29, 0.717) is 30.7 Å². The summed E-state index contributed by atoms with van der Waals surface area (Å²) in [5, 5.41) is 3.27. The minimum absolute atomic E-state index is 0.206. The lowest BCUT2D eigenvalue weighted by Gasteiger charge is -2.35. The van der Waals surface area contributed by atoms with Crippen molar-refractivity contribution in [1.82, 2.24) is 10.2 Å².